The number of halogens is 2. The second kappa shape index (κ2) is 8.53. The maximum Gasteiger partial charge on any atom is 0.387 e. The lowest BCUT2D eigenvalue weighted by Crippen LogP contribution is -2.22. The zero-order chi connectivity index (χ0) is 16.7. The van der Waals surface area contributed by atoms with E-state index in [9.17, 15) is 13.6 Å². The Morgan fingerprint density at radius 1 is 1.13 bits per heavy atom. The summed E-state index contributed by atoms with van der Waals surface area (Å²) in [5.74, 6) is 0.418. The molecule has 1 amide bonds. The summed E-state index contributed by atoms with van der Waals surface area (Å²) in [5.41, 5.74) is 0.549. The number of anilines is 1. The van der Waals surface area contributed by atoms with E-state index in [0.29, 0.717) is 11.4 Å². The molecular formula is C17H17F2NO2S. The Balaban J connectivity index is 1.83. The molecular weight excluding hydrogens is 320 g/mol. The van der Waals surface area contributed by atoms with Crippen molar-refractivity contribution in [3.63, 3.8) is 0 Å². The number of benzene rings is 2. The van der Waals surface area contributed by atoms with Gasteiger partial charge in [0.25, 0.3) is 0 Å². The highest BCUT2D eigenvalue weighted by Gasteiger charge is 2.13. The van der Waals surface area contributed by atoms with Crippen molar-refractivity contribution in [1.82, 2.24) is 0 Å². The fourth-order valence-corrected chi connectivity index (χ4v) is 2.74. The van der Waals surface area contributed by atoms with Crippen LogP contribution in [0, 0.1) is 5.92 Å². The van der Waals surface area contributed by atoms with E-state index in [-0.39, 0.29) is 17.6 Å². The Kier molecular flexibility index (Phi) is 6.40. The first-order chi connectivity index (χ1) is 11.0. The number of thioether (sulfide) groups is 1. The first kappa shape index (κ1) is 17.3. The minimum atomic E-state index is -2.86. The molecule has 0 bridgehead atoms. The highest BCUT2D eigenvalue weighted by Crippen LogP contribution is 2.22. The van der Waals surface area contributed by atoms with Crippen LogP contribution < -0.4 is 10.1 Å². The second-order valence-electron chi connectivity index (χ2n) is 4.92. The first-order valence-electron chi connectivity index (χ1n) is 7.08. The number of hydrogen-bond acceptors (Lipinski definition) is 3. The van der Waals surface area contributed by atoms with Crippen LogP contribution in [-0.4, -0.2) is 18.3 Å². The number of nitrogens with one attached hydrogen (secondary N) is 1. The van der Waals surface area contributed by atoms with Gasteiger partial charge in [-0.3, -0.25) is 4.79 Å². The molecule has 0 aliphatic heterocycles. The van der Waals surface area contributed by atoms with E-state index in [1.165, 1.54) is 24.3 Å². The third-order valence-corrected chi connectivity index (χ3v) is 4.31. The lowest BCUT2D eigenvalue weighted by atomic mass is 10.2. The number of alkyl halides is 2. The van der Waals surface area contributed by atoms with Crippen LogP contribution in [0.25, 0.3) is 0 Å². The molecule has 2 rings (SSSR count). The van der Waals surface area contributed by atoms with Gasteiger partial charge in [-0.1, -0.05) is 25.1 Å². The van der Waals surface area contributed by atoms with Gasteiger partial charge < -0.3 is 10.1 Å². The highest BCUT2D eigenvalue weighted by molar-refractivity contribution is 7.99. The van der Waals surface area contributed by atoms with Crippen LogP contribution in [0.5, 0.6) is 5.75 Å². The van der Waals surface area contributed by atoms with Crippen LogP contribution >= 0.6 is 11.8 Å². The van der Waals surface area contributed by atoms with Crippen molar-refractivity contribution in [3.05, 3.63) is 54.6 Å². The molecule has 1 atom stereocenters. The number of hydrogen-bond donors (Lipinski definition) is 1. The number of carbonyl (C=O) groups is 1. The van der Waals surface area contributed by atoms with Gasteiger partial charge in [0.1, 0.15) is 5.75 Å². The summed E-state index contributed by atoms with van der Waals surface area (Å²) in [4.78, 5) is 13.2. The predicted octanol–water partition coefficient (Wildman–Crippen LogP) is 4.65. The molecule has 0 aromatic heterocycles. The van der Waals surface area contributed by atoms with E-state index >= 15 is 0 Å². The molecule has 6 heteroatoms. The van der Waals surface area contributed by atoms with Gasteiger partial charge in [-0.25, -0.2) is 0 Å². The Labute approximate surface area is 138 Å². The van der Waals surface area contributed by atoms with E-state index in [1.54, 1.807) is 11.8 Å². The molecule has 3 nitrogen and oxygen atoms in total. The Morgan fingerprint density at radius 2 is 1.78 bits per heavy atom. The first-order valence-corrected chi connectivity index (χ1v) is 8.07. The molecule has 2 aromatic carbocycles. The standard InChI is InChI=1S/C17H17F2NO2S/c1-12(11-23-15-5-3-2-4-6-15)16(21)20-13-7-9-14(10-8-13)22-17(18)19/h2-10,12,17H,11H2,1H3,(H,20,21). The Bertz CT molecular complexity index is 620. The van der Waals surface area contributed by atoms with Crippen LogP contribution in [0.2, 0.25) is 0 Å². The molecule has 0 saturated heterocycles. The van der Waals surface area contributed by atoms with Gasteiger partial charge in [-0.05, 0) is 36.4 Å². The Hall–Kier alpha value is -2.08. The van der Waals surface area contributed by atoms with Gasteiger partial charge in [0, 0.05) is 22.3 Å². The maximum absolute atomic E-state index is 12.1. The minimum absolute atomic E-state index is 0.0608. The van der Waals surface area contributed by atoms with Crippen LogP contribution in [0.15, 0.2) is 59.5 Å². The molecule has 122 valence electrons. The van der Waals surface area contributed by atoms with Gasteiger partial charge in [0.15, 0.2) is 0 Å². The van der Waals surface area contributed by atoms with Crippen molar-refractivity contribution >= 4 is 23.4 Å². The van der Waals surface area contributed by atoms with Crippen molar-refractivity contribution < 1.29 is 18.3 Å². The zero-order valence-corrected chi connectivity index (χ0v) is 13.4. The summed E-state index contributed by atoms with van der Waals surface area (Å²) in [6.07, 6.45) is 0. The second-order valence-corrected chi connectivity index (χ2v) is 6.01. The third-order valence-electron chi connectivity index (χ3n) is 3.04. The maximum atomic E-state index is 12.1. The molecule has 0 aliphatic carbocycles. The molecule has 23 heavy (non-hydrogen) atoms. The Morgan fingerprint density at radius 3 is 2.39 bits per heavy atom. The van der Waals surface area contributed by atoms with Crippen molar-refractivity contribution in [3.8, 4) is 5.75 Å². The zero-order valence-electron chi connectivity index (χ0n) is 12.5. The molecule has 0 heterocycles. The van der Waals surface area contributed by atoms with Crippen LogP contribution in [0.1, 0.15) is 6.92 Å². The van der Waals surface area contributed by atoms with E-state index in [1.807, 2.05) is 37.3 Å². The van der Waals surface area contributed by atoms with Gasteiger partial charge in [0.05, 0.1) is 0 Å². The number of rotatable bonds is 7. The van der Waals surface area contributed by atoms with Crippen LogP contribution in [0.4, 0.5) is 14.5 Å². The van der Waals surface area contributed by atoms with Crippen LogP contribution in [0.3, 0.4) is 0 Å². The molecule has 0 fully saturated rings. The fraction of sp³-hybridized carbons (Fsp3) is 0.235. The summed E-state index contributed by atoms with van der Waals surface area (Å²) in [6, 6.07) is 15.7. The lowest BCUT2D eigenvalue weighted by molar-refractivity contribution is -0.118. The average Bonchev–Trinajstić information content (AvgIpc) is 2.55. The SMILES string of the molecule is CC(CSc1ccccc1)C(=O)Nc1ccc(OC(F)F)cc1. The quantitative estimate of drug-likeness (QED) is 0.747. The monoisotopic (exact) mass is 337 g/mol. The molecule has 0 saturated carbocycles. The van der Waals surface area contributed by atoms with Gasteiger partial charge >= 0.3 is 6.61 Å². The van der Waals surface area contributed by atoms with Crippen molar-refractivity contribution in [1.29, 1.82) is 0 Å². The highest BCUT2D eigenvalue weighted by atomic mass is 32.2. The molecule has 0 spiro atoms. The number of amides is 1. The average molecular weight is 337 g/mol. The van der Waals surface area contributed by atoms with Crippen molar-refractivity contribution in [2.45, 2.75) is 18.4 Å². The summed E-state index contributed by atoms with van der Waals surface area (Å²) >= 11 is 1.61. The summed E-state index contributed by atoms with van der Waals surface area (Å²) in [5, 5.41) is 2.76. The number of carbonyl (C=O) groups excluding carboxylic acids is 1. The van der Waals surface area contributed by atoms with Gasteiger partial charge in [0.2, 0.25) is 5.91 Å². The summed E-state index contributed by atoms with van der Waals surface area (Å²) in [6.45, 7) is -1.01. The molecule has 0 radical (unpaired) electrons. The predicted molar refractivity (Wildman–Crippen MR) is 88.0 cm³/mol. The normalized spacial score (nSPS) is 12.0. The molecule has 1 unspecified atom stereocenters. The van der Waals surface area contributed by atoms with Crippen molar-refractivity contribution in [2.24, 2.45) is 5.92 Å². The van der Waals surface area contributed by atoms with E-state index in [0.717, 1.165) is 4.90 Å². The molecule has 1 N–H and O–H groups in total. The van der Waals surface area contributed by atoms with E-state index in [2.05, 4.69) is 10.1 Å². The topological polar surface area (TPSA) is 38.3 Å². The smallest absolute Gasteiger partial charge is 0.387 e. The van der Waals surface area contributed by atoms with Gasteiger partial charge in [-0.2, -0.15) is 8.78 Å². The summed E-state index contributed by atoms with van der Waals surface area (Å²) in [7, 11) is 0. The summed E-state index contributed by atoms with van der Waals surface area (Å²) < 4.78 is 28.4. The van der Waals surface area contributed by atoms with Crippen molar-refractivity contribution in [2.75, 3.05) is 11.1 Å². The minimum Gasteiger partial charge on any atom is -0.435 e. The van der Waals surface area contributed by atoms with Crippen LogP contribution in [-0.2, 0) is 4.79 Å². The third kappa shape index (κ3) is 5.90. The largest absolute Gasteiger partial charge is 0.435 e. The lowest BCUT2D eigenvalue weighted by Gasteiger charge is -2.12. The molecule has 0 aliphatic rings. The number of ether oxygens (including phenoxy) is 1. The van der Waals surface area contributed by atoms with Gasteiger partial charge in [-0.15, -0.1) is 11.8 Å². The molecule has 2 aromatic rings. The fourth-order valence-electron chi connectivity index (χ4n) is 1.80. The van der Waals surface area contributed by atoms with E-state index in [4.69, 9.17) is 0 Å². The van der Waals surface area contributed by atoms with E-state index < -0.39 is 6.61 Å².